The van der Waals surface area contributed by atoms with E-state index < -0.39 is 0 Å². The quantitative estimate of drug-likeness (QED) is 0.752. The summed E-state index contributed by atoms with van der Waals surface area (Å²) >= 11 is 3.35. The van der Waals surface area contributed by atoms with Gasteiger partial charge < -0.3 is 19.3 Å². The van der Waals surface area contributed by atoms with Crippen molar-refractivity contribution < 1.29 is 19.5 Å². The number of hydrogen-bond acceptors (Lipinski definition) is 3. The maximum atomic E-state index is 12.5. The number of quaternary nitrogens is 1. The second-order valence-electron chi connectivity index (χ2n) is 5.56. The number of ether oxygens (including phenoxy) is 1. The van der Waals surface area contributed by atoms with Gasteiger partial charge in [-0.2, -0.15) is 0 Å². The third-order valence-electron chi connectivity index (χ3n) is 4.29. The molecule has 23 heavy (non-hydrogen) atoms. The molecule has 126 valence electrons. The monoisotopic (exact) mass is 383 g/mol. The maximum absolute atomic E-state index is 12.5. The van der Waals surface area contributed by atoms with E-state index in [1.165, 1.54) is 4.90 Å². The number of nitrogens with zero attached hydrogens (tertiary/aromatic N) is 1. The van der Waals surface area contributed by atoms with Gasteiger partial charge in [0.25, 0.3) is 0 Å². The highest BCUT2D eigenvalue weighted by molar-refractivity contribution is 9.10. The molecule has 0 atom stereocenters. The van der Waals surface area contributed by atoms with Gasteiger partial charge in [0, 0.05) is 12.4 Å². The van der Waals surface area contributed by atoms with Gasteiger partial charge in [-0.1, -0.05) is 0 Å². The highest BCUT2D eigenvalue weighted by Crippen LogP contribution is 2.34. The number of phenolic OH excluding ortho intramolecular Hbond substituents is 1. The molecule has 1 heterocycles. The number of halogens is 1. The van der Waals surface area contributed by atoms with Crippen LogP contribution in [0.5, 0.6) is 5.75 Å². The summed E-state index contributed by atoms with van der Waals surface area (Å²) < 4.78 is 7.89. The number of carbonyl (C=O) groups is 1. The lowest BCUT2D eigenvalue weighted by atomic mass is 10.1. The van der Waals surface area contributed by atoms with E-state index in [4.69, 9.17) is 4.74 Å². The molecule has 0 bridgehead atoms. The second-order valence-corrected chi connectivity index (χ2v) is 6.41. The number of phenols is 1. The molecule has 1 aromatic heterocycles. The largest absolute Gasteiger partial charge is 0.507 e. The molecule has 0 amide bonds. The van der Waals surface area contributed by atoms with Crippen molar-refractivity contribution in [3.63, 3.8) is 0 Å². The molecule has 5 nitrogen and oxygen atoms in total. The van der Waals surface area contributed by atoms with Crippen LogP contribution in [0.15, 0.2) is 16.6 Å². The third-order valence-corrected chi connectivity index (χ3v) is 4.92. The number of aromatic hydroxyl groups is 1. The molecule has 0 aliphatic rings. The number of fused-ring (bicyclic) bond motifs is 1. The lowest BCUT2D eigenvalue weighted by Gasteiger charge is -2.17. The summed E-state index contributed by atoms with van der Waals surface area (Å²) in [4.78, 5) is 13.9. The normalized spacial score (nSPS) is 11.4. The molecule has 1 aromatic carbocycles. The van der Waals surface area contributed by atoms with Gasteiger partial charge in [0.1, 0.15) is 12.3 Å². The first kappa shape index (κ1) is 17.8. The van der Waals surface area contributed by atoms with E-state index in [9.17, 15) is 9.90 Å². The first-order valence-electron chi connectivity index (χ1n) is 7.94. The molecule has 6 heteroatoms. The Balaban J connectivity index is 2.69. The zero-order valence-electron chi connectivity index (χ0n) is 14.1. The van der Waals surface area contributed by atoms with Crippen molar-refractivity contribution >= 4 is 32.8 Å². The van der Waals surface area contributed by atoms with E-state index in [1.54, 1.807) is 13.0 Å². The van der Waals surface area contributed by atoms with E-state index >= 15 is 0 Å². The SMILES string of the molecule is CCOC(=O)c1c(C[NH+](CC)CC)n(C)c2cc(Br)c(O)cc12. The van der Waals surface area contributed by atoms with Gasteiger partial charge in [0.05, 0.1) is 40.9 Å². The van der Waals surface area contributed by atoms with E-state index in [0.717, 1.165) is 36.2 Å². The van der Waals surface area contributed by atoms with Crippen LogP contribution in [0.3, 0.4) is 0 Å². The van der Waals surface area contributed by atoms with Crippen LogP contribution in [0, 0.1) is 0 Å². The van der Waals surface area contributed by atoms with Crippen LogP contribution in [0.25, 0.3) is 10.9 Å². The Bertz CT molecular complexity index is 720. The van der Waals surface area contributed by atoms with Crippen molar-refractivity contribution in [1.82, 2.24) is 4.57 Å². The second kappa shape index (κ2) is 7.36. The van der Waals surface area contributed by atoms with Crippen molar-refractivity contribution in [2.45, 2.75) is 27.3 Å². The summed E-state index contributed by atoms with van der Waals surface area (Å²) in [5.41, 5.74) is 2.40. The predicted octanol–water partition coefficient (Wildman–Crippen LogP) is 2.25. The summed E-state index contributed by atoms with van der Waals surface area (Å²) in [6.45, 7) is 9.10. The molecular weight excluding hydrogens is 360 g/mol. The van der Waals surface area contributed by atoms with Gasteiger partial charge in [0.15, 0.2) is 0 Å². The Labute approximate surface area is 145 Å². The maximum Gasteiger partial charge on any atom is 0.340 e. The average Bonchev–Trinajstić information content (AvgIpc) is 2.78. The van der Waals surface area contributed by atoms with Gasteiger partial charge in [0.2, 0.25) is 0 Å². The molecule has 2 N–H and O–H groups in total. The Morgan fingerprint density at radius 1 is 1.30 bits per heavy atom. The first-order chi connectivity index (χ1) is 10.9. The van der Waals surface area contributed by atoms with Crippen LogP contribution in [0.4, 0.5) is 0 Å². The minimum absolute atomic E-state index is 0.121. The zero-order valence-corrected chi connectivity index (χ0v) is 15.7. The lowest BCUT2D eigenvalue weighted by Crippen LogP contribution is -3.10. The van der Waals surface area contributed by atoms with Gasteiger partial charge in [-0.15, -0.1) is 0 Å². The molecule has 0 unspecified atom stereocenters. The molecular formula is C17H24BrN2O3+. The molecule has 0 spiro atoms. The van der Waals surface area contributed by atoms with Crippen LogP contribution in [-0.4, -0.2) is 35.3 Å². The molecule has 0 saturated carbocycles. The fourth-order valence-corrected chi connectivity index (χ4v) is 3.20. The van der Waals surface area contributed by atoms with Gasteiger partial charge >= 0.3 is 5.97 Å². The number of hydrogen-bond donors (Lipinski definition) is 2. The van der Waals surface area contributed by atoms with Crippen molar-refractivity contribution in [1.29, 1.82) is 0 Å². The summed E-state index contributed by atoms with van der Waals surface area (Å²) in [6.07, 6.45) is 0. The fraction of sp³-hybridized carbons (Fsp3) is 0.471. The molecule has 0 radical (unpaired) electrons. The van der Waals surface area contributed by atoms with Crippen molar-refractivity contribution in [3.8, 4) is 5.75 Å². The minimum Gasteiger partial charge on any atom is -0.507 e. The van der Waals surface area contributed by atoms with E-state index in [-0.39, 0.29) is 11.7 Å². The Morgan fingerprint density at radius 2 is 1.96 bits per heavy atom. The summed E-state index contributed by atoms with van der Waals surface area (Å²) in [5.74, 6) is -0.211. The van der Waals surface area contributed by atoms with Crippen LogP contribution < -0.4 is 4.90 Å². The average molecular weight is 384 g/mol. The Hall–Kier alpha value is -1.53. The van der Waals surface area contributed by atoms with Crippen LogP contribution in [0.2, 0.25) is 0 Å². The van der Waals surface area contributed by atoms with Crippen molar-refractivity contribution in [2.75, 3.05) is 19.7 Å². The number of esters is 1. The summed E-state index contributed by atoms with van der Waals surface area (Å²) in [6, 6.07) is 3.47. The number of carbonyl (C=O) groups excluding carboxylic acids is 1. The van der Waals surface area contributed by atoms with Crippen molar-refractivity contribution in [3.05, 3.63) is 27.9 Å². The molecule has 0 aliphatic heterocycles. The highest BCUT2D eigenvalue weighted by atomic mass is 79.9. The molecule has 2 rings (SSSR count). The molecule has 0 aliphatic carbocycles. The summed E-state index contributed by atoms with van der Waals surface area (Å²) in [5, 5.41) is 10.7. The Kier molecular flexibility index (Phi) is 5.70. The number of rotatable bonds is 6. The smallest absolute Gasteiger partial charge is 0.340 e. The number of benzene rings is 1. The molecule has 0 fully saturated rings. The zero-order chi connectivity index (χ0) is 17.1. The first-order valence-corrected chi connectivity index (χ1v) is 8.74. The summed E-state index contributed by atoms with van der Waals surface area (Å²) in [7, 11) is 1.95. The number of aryl methyl sites for hydroxylation is 1. The minimum atomic E-state index is -0.332. The molecule has 0 saturated heterocycles. The number of nitrogens with one attached hydrogen (secondary N) is 1. The predicted molar refractivity (Wildman–Crippen MR) is 94.0 cm³/mol. The van der Waals surface area contributed by atoms with Gasteiger partial charge in [-0.3, -0.25) is 0 Å². The van der Waals surface area contributed by atoms with E-state index in [0.29, 0.717) is 16.6 Å². The van der Waals surface area contributed by atoms with Crippen molar-refractivity contribution in [2.24, 2.45) is 7.05 Å². The Morgan fingerprint density at radius 3 is 2.52 bits per heavy atom. The van der Waals surface area contributed by atoms with E-state index in [1.807, 2.05) is 17.7 Å². The van der Waals surface area contributed by atoms with Gasteiger partial charge in [-0.05, 0) is 48.8 Å². The fourth-order valence-electron chi connectivity index (χ4n) is 2.87. The highest BCUT2D eigenvalue weighted by Gasteiger charge is 2.25. The lowest BCUT2D eigenvalue weighted by molar-refractivity contribution is -0.910. The van der Waals surface area contributed by atoms with Crippen LogP contribution >= 0.6 is 15.9 Å². The topological polar surface area (TPSA) is 55.9 Å². The standard InChI is InChI=1S/C17H23BrN2O3/c1-5-20(6-2)10-14-16(17(22)23-7-3)11-8-15(21)12(18)9-13(11)19(14)4/h8-9,21H,5-7,10H2,1-4H3/p+1. The number of aromatic nitrogens is 1. The van der Waals surface area contributed by atoms with E-state index in [2.05, 4.69) is 29.8 Å². The van der Waals surface area contributed by atoms with Crippen LogP contribution in [0.1, 0.15) is 36.8 Å². The van der Waals surface area contributed by atoms with Crippen LogP contribution in [-0.2, 0) is 18.3 Å². The van der Waals surface area contributed by atoms with Gasteiger partial charge in [-0.25, -0.2) is 4.79 Å². The third kappa shape index (κ3) is 3.38. The molecule has 2 aromatic rings.